The highest BCUT2D eigenvalue weighted by Crippen LogP contribution is 2.07. The summed E-state index contributed by atoms with van der Waals surface area (Å²) in [6.07, 6.45) is 0.943. The molecule has 5 nitrogen and oxygen atoms in total. The van der Waals surface area contributed by atoms with Crippen molar-refractivity contribution in [3.8, 4) is 0 Å². The first-order valence-corrected chi connectivity index (χ1v) is 5.19. The zero-order valence-corrected chi connectivity index (χ0v) is 9.62. The molecule has 15 heavy (non-hydrogen) atoms. The lowest BCUT2D eigenvalue weighted by atomic mass is 10.2. The molecule has 1 atom stereocenters. The van der Waals surface area contributed by atoms with Crippen LogP contribution < -0.4 is 5.32 Å². The maximum Gasteiger partial charge on any atom is 0.232 e. The van der Waals surface area contributed by atoms with E-state index in [1.165, 1.54) is 4.90 Å². The smallest absolute Gasteiger partial charge is 0.232 e. The van der Waals surface area contributed by atoms with Crippen LogP contribution in [0, 0.1) is 0 Å². The summed E-state index contributed by atoms with van der Waals surface area (Å²) >= 11 is 0. The monoisotopic (exact) mass is 213 g/mol. The lowest BCUT2D eigenvalue weighted by Crippen LogP contribution is -2.40. The Kier molecular flexibility index (Phi) is 4.08. The molecule has 0 aliphatic carbocycles. The molecule has 0 saturated carbocycles. The Bertz CT molecular complexity index is 247. The second-order valence-electron chi connectivity index (χ2n) is 4.12. The number of nitrogens with one attached hydrogen (secondary N) is 1. The molecule has 1 unspecified atom stereocenters. The highest BCUT2D eigenvalue weighted by atomic mass is 16.2. The molecule has 1 saturated heterocycles. The minimum absolute atomic E-state index is 0.0278. The fraction of sp³-hybridized carbons (Fsp3) is 0.800. The predicted octanol–water partition coefficient (Wildman–Crippen LogP) is -0.715. The van der Waals surface area contributed by atoms with Gasteiger partial charge in [0.05, 0.1) is 0 Å². The number of likely N-dealkylation sites (N-methyl/N-ethyl adjacent to an activating group) is 1. The number of carbonyl (C=O) groups is 2. The van der Waals surface area contributed by atoms with Crippen LogP contribution in [0.1, 0.15) is 12.8 Å². The van der Waals surface area contributed by atoms with Crippen molar-refractivity contribution < 1.29 is 9.59 Å². The average molecular weight is 213 g/mol. The van der Waals surface area contributed by atoms with Gasteiger partial charge in [-0.2, -0.15) is 0 Å². The van der Waals surface area contributed by atoms with E-state index in [0.29, 0.717) is 0 Å². The summed E-state index contributed by atoms with van der Waals surface area (Å²) < 4.78 is 0. The molecular weight excluding hydrogens is 194 g/mol. The molecule has 86 valence electrons. The number of carbonyl (C=O) groups excluding carboxylic acids is 2. The van der Waals surface area contributed by atoms with Crippen molar-refractivity contribution in [2.45, 2.75) is 18.9 Å². The molecule has 1 N–H and O–H groups in total. The minimum Gasteiger partial charge on any atom is -0.348 e. The number of amides is 2. The number of hydrogen-bond donors (Lipinski definition) is 1. The molecule has 1 heterocycles. The molecule has 0 bridgehead atoms. The molecule has 1 rings (SSSR count). The molecule has 0 spiro atoms. The summed E-state index contributed by atoms with van der Waals surface area (Å²) in [5.41, 5.74) is 0. The first-order chi connectivity index (χ1) is 7.02. The van der Waals surface area contributed by atoms with Gasteiger partial charge in [-0.1, -0.05) is 0 Å². The van der Waals surface area contributed by atoms with Gasteiger partial charge in [-0.15, -0.1) is 0 Å². The van der Waals surface area contributed by atoms with Crippen molar-refractivity contribution >= 4 is 11.8 Å². The Morgan fingerprint density at radius 3 is 2.40 bits per heavy atom. The molecule has 0 aromatic carbocycles. The first kappa shape index (κ1) is 12.0. The van der Waals surface area contributed by atoms with E-state index in [2.05, 4.69) is 5.32 Å². The Balaban J connectivity index is 2.42. The molecule has 0 radical (unpaired) electrons. The third-order valence-corrected chi connectivity index (χ3v) is 2.78. The quantitative estimate of drug-likeness (QED) is 0.630. The molecule has 5 heteroatoms. The van der Waals surface area contributed by atoms with E-state index in [1.54, 1.807) is 26.0 Å². The van der Waals surface area contributed by atoms with Gasteiger partial charge in [-0.05, 0) is 13.0 Å². The predicted molar refractivity (Wildman–Crippen MR) is 57.4 cm³/mol. The average Bonchev–Trinajstić information content (AvgIpc) is 2.68. The molecule has 0 aromatic rings. The second kappa shape index (κ2) is 5.11. The van der Waals surface area contributed by atoms with Crippen molar-refractivity contribution in [1.82, 2.24) is 15.1 Å². The van der Waals surface area contributed by atoms with E-state index >= 15 is 0 Å². The van der Waals surface area contributed by atoms with E-state index < -0.39 is 0 Å². The SMILES string of the molecule is CN(C)C(=O)CC(=O)N(C)C1CCNC1. The second-order valence-corrected chi connectivity index (χ2v) is 4.12. The van der Waals surface area contributed by atoms with E-state index in [-0.39, 0.29) is 24.3 Å². The summed E-state index contributed by atoms with van der Waals surface area (Å²) in [6, 6.07) is 0.243. The van der Waals surface area contributed by atoms with Gasteiger partial charge >= 0.3 is 0 Å². The fourth-order valence-corrected chi connectivity index (χ4v) is 1.59. The van der Waals surface area contributed by atoms with Crippen LogP contribution in [-0.4, -0.2) is 61.9 Å². The van der Waals surface area contributed by atoms with E-state index in [4.69, 9.17) is 0 Å². The molecular formula is C10H19N3O2. The largest absolute Gasteiger partial charge is 0.348 e. The first-order valence-electron chi connectivity index (χ1n) is 5.19. The fourth-order valence-electron chi connectivity index (χ4n) is 1.59. The van der Waals surface area contributed by atoms with Gasteiger partial charge in [0.15, 0.2) is 0 Å². The van der Waals surface area contributed by atoms with E-state index in [0.717, 1.165) is 19.5 Å². The van der Waals surface area contributed by atoms with Gasteiger partial charge < -0.3 is 15.1 Å². The standard InChI is InChI=1S/C10H19N3O2/c1-12(2)9(14)6-10(15)13(3)8-4-5-11-7-8/h8,11H,4-7H2,1-3H3. The van der Waals surface area contributed by atoms with Crippen LogP contribution in [0.3, 0.4) is 0 Å². The zero-order valence-electron chi connectivity index (χ0n) is 9.62. The molecule has 2 amide bonds. The Morgan fingerprint density at radius 1 is 1.27 bits per heavy atom. The normalized spacial score (nSPS) is 20.1. The van der Waals surface area contributed by atoms with Crippen LogP contribution in [0.4, 0.5) is 0 Å². The van der Waals surface area contributed by atoms with Crippen molar-refractivity contribution in [3.05, 3.63) is 0 Å². The maximum atomic E-state index is 11.7. The molecule has 1 aliphatic heterocycles. The lowest BCUT2D eigenvalue weighted by Gasteiger charge is -2.24. The Hall–Kier alpha value is -1.10. The summed E-state index contributed by atoms with van der Waals surface area (Å²) in [6.45, 7) is 1.78. The van der Waals surface area contributed by atoms with Gasteiger partial charge in [0.2, 0.25) is 11.8 Å². The van der Waals surface area contributed by atoms with Gasteiger partial charge in [0.25, 0.3) is 0 Å². The van der Waals surface area contributed by atoms with Crippen molar-refractivity contribution in [2.75, 3.05) is 34.2 Å². The minimum atomic E-state index is -0.141. The maximum absolute atomic E-state index is 11.7. The molecule has 1 fully saturated rings. The Morgan fingerprint density at radius 2 is 1.93 bits per heavy atom. The van der Waals surface area contributed by atoms with E-state index in [9.17, 15) is 9.59 Å². The zero-order chi connectivity index (χ0) is 11.4. The van der Waals surface area contributed by atoms with Gasteiger partial charge in [-0.25, -0.2) is 0 Å². The van der Waals surface area contributed by atoms with Crippen molar-refractivity contribution in [1.29, 1.82) is 0 Å². The van der Waals surface area contributed by atoms with Gasteiger partial charge in [-0.3, -0.25) is 9.59 Å². The highest BCUT2D eigenvalue weighted by molar-refractivity contribution is 5.96. The van der Waals surface area contributed by atoms with Crippen LogP contribution in [0.5, 0.6) is 0 Å². The summed E-state index contributed by atoms with van der Waals surface area (Å²) in [4.78, 5) is 26.2. The molecule has 0 aromatic heterocycles. The lowest BCUT2D eigenvalue weighted by molar-refractivity contribution is -0.139. The van der Waals surface area contributed by atoms with Crippen LogP contribution in [-0.2, 0) is 9.59 Å². The van der Waals surface area contributed by atoms with Crippen molar-refractivity contribution in [3.63, 3.8) is 0 Å². The highest BCUT2D eigenvalue weighted by Gasteiger charge is 2.24. The summed E-state index contributed by atoms with van der Waals surface area (Å²) in [5.74, 6) is -0.236. The van der Waals surface area contributed by atoms with Gasteiger partial charge in [0.1, 0.15) is 6.42 Å². The summed E-state index contributed by atoms with van der Waals surface area (Å²) in [5, 5.41) is 3.19. The van der Waals surface area contributed by atoms with Crippen LogP contribution >= 0.6 is 0 Å². The van der Waals surface area contributed by atoms with Crippen LogP contribution in [0.15, 0.2) is 0 Å². The van der Waals surface area contributed by atoms with Crippen molar-refractivity contribution in [2.24, 2.45) is 0 Å². The Labute approximate surface area is 90.4 Å². The number of rotatable bonds is 3. The van der Waals surface area contributed by atoms with Crippen LogP contribution in [0.25, 0.3) is 0 Å². The number of hydrogen-bond acceptors (Lipinski definition) is 3. The third kappa shape index (κ3) is 3.20. The molecule has 1 aliphatic rings. The topological polar surface area (TPSA) is 52.7 Å². The summed E-state index contributed by atoms with van der Waals surface area (Å²) in [7, 11) is 5.09. The number of nitrogens with zero attached hydrogens (tertiary/aromatic N) is 2. The van der Waals surface area contributed by atoms with Crippen LogP contribution in [0.2, 0.25) is 0 Å². The van der Waals surface area contributed by atoms with E-state index in [1.807, 2.05) is 0 Å². The third-order valence-electron chi connectivity index (χ3n) is 2.78. The van der Waals surface area contributed by atoms with Gasteiger partial charge in [0, 0.05) is 33.7 Å².